The van der Waals surface area contributed by atoms with E-state index in [0.717, 1.165) is 16.8 Å². The van der Waals surface area contributed by atoms with E-state index in [1.807, 2.05) is 60.7 Å². The largest absolute Gasteiger partial charge is 0.435 e. The third-order valence-electron chi connectivity index (χ3n) is 2.57. The lowest BCUT2D eigenvalue weighted by Crippen LogP contribution is -2.02. The van der Waals surface area contributed by atoms with Gasteiger partial charge in [-0.15, -0.1) is 5.73 Å². The number of benzene rings is 2. The average Bonchev–Trinajstić information content (AvgIpc) is 2.54. The minimum Gasteiger partial charge on any atom is -0.435 e. The topological polar surface area (TPSA) is 27.7 Å². The van der Waals surface area contributed by atoms with Crippen LogP contribution in [-0.4, -0.2) is 13.7 Å². The van der Waals surface area contributed by atoms with E-state index in [-0.39, 0.29) is 0 Å². The van der Waals surface area contributed by atoms with Crippen molar-refractivity contribution in [3.05, 3.63) is 78.3 Å². The summed E-state index contributed by atoms with van der Waals surface area (Å²) in [5.41, 5.74) is 2.86. The Morgan fingerprint density at radius 2 is 1.43 bits per heavy atom. The van der Waals surface area contributed by atoms with Gasteiger partial charge in [-0.2, -0.15) is 0 Å². The zero-order valence-electron chi connectivity index (χ0n) is 11.9. The summed E-state index contributed by atoms with van der Waals surface area (Å²) in [7, 11) is 0.256. The van der Waals surface area contributed by atoms with Crippen molar-refractivity contribution in [3.63, 3.8) is 0 Å². The standard InChI is InChI=1S/C17H17O3P/c1-3-17(14-18-2)21(19-15-10-6-4-7-11-15)20-16-12-8-5-9-13-16/h4-13H,1,14H2,2H3. The van der Waals surface area contributed by atoms with Crippen molar-refractivity contribution in [2.75, 3.05) is 13.7 Å². The molecule has 0 saturated heterocycles. The first kappa shape index (κ1) is 15.3. The first-order valence-electron chi connectivity index (χ1n) is 6.47. The molecule has 2 aromatic carbocycles. The van der Waals surface area contributed by atoms with Crippen LogP contribution in [0.25, 0.3) is 0 Å². The molecule has 21 heavy (non-hydrogen) atoms. The fraction of sp³-hybridized carbons (Fsp3) is 0.118. The Morgan fingerprint density at radius 1 is 0.952 bits per heavy atom. The molecule has 4 heteroatoms. The van der Waals surface area contributed by atoms with Crippen LogP contribution >= 0.6 is 8.38 Å². The lowest BCUT2D eigenvalue weighted by molar-refractivity contribution is 0.229. The summed E-state index contributed by atoms with van der Waals surface area (Å²) in [6.45, 7) is 4.07. The average molecular weight is 300 g/mol. The smallest absolute Gasteiger partial charge is 0.332 e. The van der Waals surface area contributed by atoms with Crippen molar-refractivity contribution in [1.29, 1.82) is 0 Å². The number of hydrogen-bond acceptors (Lipinski definition) is 3. The molecule has 0 amide bonds. The Labute approximate surface area is 126 Å². The van der Waals surface area contributed by atoms with Crippen LogP contribution in [-0.2, 0) is 4.74 Å². The van der Waals surface area contributed by atoms with Gasteiger partial charge in [0.2, 0.25) is 0 Å². The number of hydrogen-bond donors (Lipinski definition) is 0. The van der Waals surface area contributed by atoms with E-state index in [4.69, 9.17) is 13.8 Å². The summed E-state index contributed by atoms with van der Waals surface area (Å²) in [5, 5.41) is 0.764. The zero-order valence-corrected chi connectivity index (χ0v) is 12.8. The van der Waals surface area contributed by atoms with Crippen LogP contribution in [0, 0.1) is 0 Å². The third kappa shape index (κ3) is 4.77. The van der Waals surface area contributed by atoms with Crippen LogP contribution in [0.15, 0.2) is 78.3 Å². The Balaban J connectivity index is 2.19. The predicted octanol–water partition coefficient (Wildman–Crippen LogP) is 4.77. The lowest BCUT2D eigenvalue weighted by Gasteiger charge is -2.19. The van der Waals surface area contributed by atoms with E-state index in [9.17, 15) is 0 Å². The molecule has 0 spiro atoms. The molecule has 0 atom stereocenters. The Kier molecular flexibility index (Phi) is 6.05. The van der Waals surface area contributed by atoms with Crippen molar-refractivity contribution in [2.45, 2.75) is 0 Å². The maximum absolute atomic E-state index is 5.95. The van der Waals surface area contributed by atoms with Crippen LogP contribution in [0.1, 0.15) is 0 Å². The maximum Gasteiger partial charge on any atom is 0.332 e. The second kappa shape index (κ2) is 8.28. The van der Waals surface area contributed by atoms with Crippen LogP contribution in [0.5, 0.6) is 11.5 Å². The molecule has 108 valence electrons. The number of para-hydroxylation sites is 2. The van der Waals surface area contributed by atoms with Gasteiger partial charge in [-0.25, -0.2) is 0 Å². The molecule has 0 aromatic heterocycles. The second-order valence-corrected chi connectivity index (χ2v) is 5.54. The van der Waals surface area contributed by atoms with Gasteiger partial charge in [0.15, 0.2) is 0 Å². The molecule has 0 radical (unpaired) electrons. The van der Waals surface area contributed by atoms with E-state index < -0.39 is 8.38 Å². The number of rotatable bonds is 7. The van der Waals surface area contributed by atoms with Gasteiger partial charge in [-0.05, 0) is 24.3 Å². The number of methoxy groups -OCH3 is 1. The van der Waals surface area contributed by atoms with Crippen molar-refractivity contribution in [3.8, 4) is 11.5 Å². The molecular weight excluding hydrogens is 283 g/mol. The fourth-order valence-electron chi connectivity index (χ4n) is 1.59. The normalized spacial score (nSPS) is 10.0. The van der Waals surface area contributed by atoms with Gasteiger partial charge in [0.25, 0.3) is 0 Å². The molecule has 0 aliphatic carbocycles. The SMILES string of the molecule is C=C=C(COC)P(Oc1ccccc1)Oc1ccccc1. The van der Waals surface area contributed by atoms with Crippen molar-refractivity contribution in [2.24, 2.45) is 0 Å². The Bertz CT molecular complexity index is 550. The van der Waals surface area contributed by atoms with Gasteiger partial charge in [0, 0.05) is 7.11 Å². The predicted molar refractivity (Wildman–Crippen MR) is 85.6 cm³/mol. The molecule has 2 rings (SSSR count). The summed E-state index contributed by atoms with van der Waals surface area (Å²) >= 11 is 0. The van der Waals surface area contributed by atoms with Gasteiger partial charge in [0.05, 0.1) is 11.9 Å². The lowest BCUT2D eigenvalue weighted by atomic mass is 10.3. The monoisotopic (exact) mass is 300 g/mol. The molecule has 0 fully saturated rings. The van der Waals surface area contributed by atoms with Crippen molar-refractivity contribution < 1.29 is 13.8 Å². The maximum atomic E-state index is 5.95. The molecular formula is C17H17O3P. The first-order chi connectivity index (χ1) is 10.3. The zero-order chi connectivity index (χ0) is 14.9. The van der Waals surface area contributed by atoms with E-state index in [0.29, 0.717) is 6.61 Å². The van der Waals surface area contributed by atoms with Crippen molar-refractivity contribution >= 4 is 8.38 Å². The summed E-state index contributed by atoms with van der Waals surface area (Å²) in [6.07, 6.45) is 0. The van der Waals surface area contributed by atoms with Gasteiger partial charge in [-0.1, -0.05) is 43.0 Å². The molecule has 0 bridgehead atoms. The Hall–Kier alpha value is -2.05. The van der Waals surface area contributed by atoms with E-state index >= 15 is 0 Å². The van der Waals surface area contributed by atoms with Crippen LogP contribution in [0.2, 0.25) is 0 Å². The van der Waals surface area contributed by atoms with Gasteiger partial charge < -0.3 is 13.8 Å². The van der Waals surface area contributed by atoms with Crippen molar-refractivity contribution in [1.82, 2.24) is 0 Å². The molecule has 0 aliphatic rings. The highest BCUT2D eigenvalue weighted by Crippen LogP contribution is 2.47. The third-order valence-corrected chi connectivity index (χ3v) is 4.05. The fourth-order valence-corrected chi connectivity index (χ4v) is 2.84. The van der Waals surface area contributed by atoms with E-state index in [2.05, 4.69) is 12.3 Å². The highest BCUT2D eigenvalue weighted by Gasteiger charge is 2.21. The Morgan fingerprint density at radius 3 is 1.81 bits per heavy atom. The van der Waals surface area contributed by atoms with Crippen LogP contribution in [0.4, 0.5) is 0 Å². The molecule has 2 aromatic rings. The minimum absolute atomic E-state index is 0.370. The molecule has 0 unspecified atom stereocenters. The second-order valence-electron chi connectivity index (χ2n) is 4.12. The highest BCUT2D eigenvalue weighted by molar-refractivity contribution is 7.52. The van der Waals surface area contributed by atoms with Gasteiger partial charge >= 0.3 is 8.38 Å². The molecule has 0 heterocycles. The van der Waals surface area contributed by atoms with E-state index in [1.165, 1.54) is 0 Å². The van der Waals surface area contributed by atoms with Gasteiger partial charge in [-0.3, -0.25) is 0 Å². The first-order valence-corrected chi connectivity index (χ1v) is 7.65. The quantitative estimate of drug-likeness (QED) is 0.544. The number of ether oxygens (including phenoxy) is 1. The van der Waals surface area contributed by atoms with Crippen LogP contribution < -0.4 is 9.05 Å². The molecule has 3 nitrogen and oxygen atoms in total. The molecule has 0 aliphatic heterocycles. The highest BCUT2D eigenvalue weighted by atomic mass is 31.2. The molecule has 0 saturated carbocycles. The summed E-state index contributed by atoms with van der Waals surface area (Å²) in [5.74, 6) is 1.48. The molecule has 0 N–H and O–H groups in total. The summed E-state index contributed by atoms with van der Waals surface area (Å²) < 4.78 is 17.1. The summed E-state index contributed by atoms with van der Waals surface area (Å²) in [4.78, 5) is 0. The van der Waals surface area contributed by atoms with E-state index in [1.54, 1.807) is 7.11 Å². The summed E-state index contributed by atoms with van der Waals surface area (Å²) in [6, 6.07) is 19.1. The van der Waals surface area contributed by atoms with Crippen LogP contribution in [0.3, 0.4) is 0 Å². The van der Waals surface area contributed by atoms with Gasteiger partial charge in [0.1, 0.15) is 11.5 Å². The minimum atomic E-state index is -1.36.